The second-order valence-electron chi connectivity index (χ2n) is 11.0. The highest BCUT2D eigenvalue weighted by molar-refractivity contribution is 7.99. The highest BCUT2D eigenvalue weighted by atomic mass is 32.2. The first-order chi connectivity index (χ1) is 19.0. The van der Waals surface area contributed by atoms with Gasteiger partial charge < -0.3 is 10.0 Å². The SMILES string of the molecule is CC(C)Sc1cc(-c2cc(-c3ccc(C=O)cc3)nn2-c2ccc(C(=O)N(C)C)cc2)cc(C(C)(C)C)c1.CO. The zero-order chi connectivity index (χ0) is 29.6. The van der Waals surface area contributed by atoms with Crippen molar-refractivity contribution in [2.75, 3.05) is 21.2 Å². The first-order valence-electron chi connectivity index (χ1n) is 13.2. The number of rotatable bonds is 7. The number of carbonyl (C=O) groups is 2. The normalized spacial score (nSPS) is 11.2. The summed E-state index contributed by atoms with van der Waals surface area (Å²) in [4.78, 5) is 26.4. The van der Waals surface area contributed by atoms with Gasteiger partial charge in [-0.2, -0.15) is 5.10 Å². The van der Waals surface area contributed by atoms with Crippen molar-refractivity contribution in [1.82, 2.24) is 14.7 Å². The number of thioether (sulfide) groups is 1. The van der Waals surface area contributed by atoms with Gasteiger partial charge in [-0.1, -0.05) is 58.9 Å². The molecule has 7 heteroatoms. The number of aromatic nitrogens is 2. The molecular weight excluding hydrogens is 518 g/mol. The van der Waals surface area contributed by atoms with Crippen molar-refractivity contribution in [1.29, 1.82) is 0 Å². The third-order valence-corrected chi connectivity index (χ3v) is 7.24. The van der Waals surface area contributed by atoms with E-state index >= 15 is 0 Å². The summed E-state index contributed by atoms with van der Waals surface area (Å²) in [6, 6.07) is 23.9. The lowest BCUT2D eigenvalue weighted by molar-refractivity contribution is 0.0827. The number of hydrogen-bond donors (Lipinski definition) is 1. The molecule has 0 atom stereocenters. The van der Waals surface area contributed by atoms with Gasteiger partial charge in [0.2, 0.25) is 0 Å². The van der Waals surface area contributed by atoms with Crippen molar-refractivity contribution in [2.45, 2.75) is 50.2 Å². The van der Waals surface area contributed by atoms with Crippen molar-refractivity contribution in [3.8, 4) is 28.2 Å². The molecule has 0 saturated heterocycles. The van der Waals surface area contributed by atoms with Gasteiger partial charge >= 0.3 is 0 Å². The Morgan fingerprint density at radius 1 is 0.925 bits per heavy atom. The maximum Gasteiger partial charge on any atom is 0.253 e. The molecule has 40 heavy (non-hydrogen) atoms. The van der Waals surface area contributed by atoms with Crippen LogP contribution in [0.5, 0.6) is 0 Å². The van der Waals surface area contributed by atoms with Crippen molar-refractivity contribution in [3.05, 3.63) is 89.5 Å². The third kappa shape index (κ3) is 7.29. The van der Waals surface area contributed by atoms with Crippen LogP contribution < -0.4 is 0 Å². The molecule has 4 aromatic rings. The van der Waals surface area contributed by atoms with Gasteiger partial charge in [-0.3, -0.25) is 9.59 Å². The molecule has 6 nitrogen and oxygen atoms in total. The Labute approximate surface area is 242 Å². The Balaban J connectivity index is 0.00000216. The Morgan fingerprint density at radius 3 is 2.08 bits per heavy atom. The van der Waals surface area contributed by atoms with E-state index in [1.54, 1.807) is 31.1 Å². The topological polar surface area (TPSA) is 75.4 Å². The Hall–Kier alpha value is -3.68. The summed E-state index contributed by atoms with van der Waals surface area (Å²) in [6.45, 7) is 11.1. The monoisotopic (exact) mass is 557 g/mol. The highest BCUT2D eigenvalue weighted by Gasteiger charge is 2.20. The first-order valence-corrected chi connectivity index (χ1v) is 14.1. The molecule has 210 valence electrons. The van der Waals surface area contributed by atoms with Crippen molar-refractivity contribution in [2.24, 2.45) is 0 Å². The van der Waals surface area contributed by atoms with Crippen LogP contribution in [0, 0.1) is 0 Å². The Morgan fingerprint density at radius 2 is 1.55 bits per heavy atom. The van der Waals surface area contributed by atoms with E-state index in [0.717, 1.165) is 41.6 Å². The molecule has 0 fully saturated rings. The molecule has 0 unspecified atom stereocenters. The predicted octanol–water partition coefficient (Wildman–Crippen LogP) is 7.13. The minimum Gasteiger partial charge on any atom is -0.400 e. The van der Waals surface area contributed by atoms with Gasteiger partial charge in [-0.05, 0) is 59.5 Å². The fourth-order valence-electron chi connectivity index (χ4n) is 4.18. The number of carbonyl (C=O) groups excluding carboxylic acids is 2. The molecule has 0 aliphatic rings. The van der Waals surface area contributed by atoms with Crippen LogP contribution in [0.1, 0.15) is 60.9 Å². The number of nitrogens with zero attached hydrogens (tertiary/aromatic N) is 3. The molecule has 1 N–H and O–H groups in total. The minimum absolute atomic E-state index is 0.0190. The molecule has 0 spiro atoms. The second kappa shape index (κ2) is 13.1. The molecule has 0 saturated carbocycles. The smallest absolute Gasteiger partial charge is 0.253 e. The average molecular weight is 558 g/mol. The number of amides is 1. The molecule has 3 aromatic carbocycles. The van der Waals surface area contributed by atoms with Crippen LogP contribution in [-0.2, 0) is 5.41 Å². The lowest BCUT2D eigenvalue weighted by atomic mass is 9.86. The maximum absolute atomic E-state index is 12.5. The van der Waals surface area contributed by atoms with Gasteiger partial charge in [-0.15, -0.1) is 11.8 Å². The van der Waals surface area contributed by atoms with E-state index in [0.29, 0.717) is 16.4 Å². The van der Waals surface area contributed by atoms with Crippen LogP contribution in [0.4, 0.5) is 0 Å². The van der Waals surface area contributed by atoms with Crippen molar-refractivity contribution >= 4 is 24.0 Å². The van der Waals surface area contributed by atoms with Gasteiger partial charge in [0.25, 0.3) is 5.91 Å². The summed E-state index contributed by atoms with van der Waals surface area (Å²) in [6.07, 6.45) is 0.844. The molecule has 0 aliphatic carbocycles. The van der Waals surface area contributed by atoms with E-state index in [9.17, 15) is 9.59 Å². The molecular formula is C33H39N3O3S. The summed E-state index contributed by atoms with van der Waals surface area (Å²) < 4.78 is 1.94. The molecule has 4 rings (SSSR count). The summed E-state index contributed by atoms with van der Waals surface area (Å²) in [5.74, 6) is -0.0403. The van der Waals surface area contributed by atoms with E-state index in [1.165, 1.54) is 10.5 Å². The van der Waals surface area contributed by atoms with E-state index in [-0.39, 0.29) is 11.3 Å². The molecule has 1 heterocycles. The predicted molar refractivity (Wildman–Crippen MR) is 166 cm³/mol. The summed E-state index contributed by atoms with van der Waals surface area (Å²) in [7, 11) is 4.50. The maximum atomic E-state index is 12.5. The summed E-state index contributed by atoms with van der Waals surface area (Å²) in [5, 5.41) is 12.5. The number of aliphatic hydroxyl groups excluding tert-OH is 1. The van der Waals surface area contributed by atoms with Crippen LogP contribution in [0.15, 0.2) is 77.7 Å². The quantitative estimate of drug-likeness (QED) is 0.193. The van der Waals surface area contributed by atoms with Crippen LogP contribution in [0.25, 0.3) is 28.2 Å². The van der Waals surface area contributed by atoms with Crippen molar-refractivity contribution in [3.63, 3.8) is 0 Å². The molecule has 0 bridgehead atoms. The lowest BCUT2D eigenvalue weighted by Gasteiger charge is -2.22. The van der Waals surface area contributed by atoms with Gasteiger partial charge in [0.05, 0.1) is 17.1 Å². The lowest BCUT2D eigenvalue weighted by Crippen LogP contribution is -2.21. The van der Waals surface area contributed by atoms with Crippen LogP contribution in [0.3, 0.4) is 0 Å². The zero-order valence-electron chi connectivity index (χ0n) is 24.6. The van der Waals surface area contributed by atoms with Crippen molar-refractivity contribution < 1.29 is 14.7 Å². The van der Waals surface area contributed by atoms with E-state index in [2.05, 4.69) is 58.9 Å². The number of hydrogen-bond acceptors (Lipinski definition) is 5. The Bertz CT molecular complexity index is 1450. The van der Waals surface area contributed by atoms with E-state index in [4.69, 9.17) is 10.2 Å². The van der Waals surface area contributed by atoms with Crippen LogP contribution in [0.2, 0.25) is 0 Å². The van der Waals surface area contributed by atoms with E-state index < -0.39 is 0 Å². The minimum atomic E-state index is -0.0403. The van der Waals surface area contributed by atoms with Gasteiger partial charge in [0, 0.05) is 53.6 Å². The average Bonchev–Trinajstić information content (AvgIpc) is 3.38. The molecule has 1 aromatic heterocycles. The standard InChI is InChI=1S/C32H35N3O2S.CH4O/c1-21(2)38-28-17-25(16-26(18-28)32(3,4)5)30-19-29(23-10-8-22(20-36)9-11-23)33-35(30)27-14-12-24(13-15-27)31(37)34(6)7;1-2/h8-21H,1-7H3;2H,1H3. The highest BCUT2D eigenvalue weighted by Crippen LogP contribution is 2.36. The Kier molecular flexibility index (Phi) is 10.1. The van der Waals surface area contributed by atoms with Gasteiger partial charge in [0.1, 0.15) is 6.29 Å². The number of aliphatic hydroxyl groups is 1. The fourth-order valence-corrected chi connectivity index (χ4v) is 5.11. The van der Waals surface area contributed by atoms with Crippen LogP contribution >= 0.6 is 11.8 Å². The third-order valence-electron chi connectivity index (χ3n) is 6.26. The number of benzene rings is 3. The molecule has 1 amide bonds. The van der Waals surface area contributed by atoms with Gasteiger partial charge in [0.15, 0.2) is 0 Å². The largest absolute Gasteiger partial charge is 0.400 e. The molecule has 0 radical (unpaired) electrons. The molecule has 0 aliphatic heterocycles. The zero-order valence-corrected chi connectivity index (χ0v) is 25.4. The number of aldehydes is 1. The second-order valence-corrected chi connectivity index (χ2v) is 12.6. The first kappa shape index (κ1) is 30.9. The van der Waals surface area contributed by atoms with E-state index in [1.807, 2.05) is 52.8 Å². The summed E-state index contributed by atoms with van der Waals surface area (Å²) in [5.41, 5.74) is 7.14. The van der Waals surface area contributed by atoms with Gasteiger partial charge in [-0.25, -0.2) is 4.68 Å². The summed E-state index contributed by atoms with van der Waals surface area (Å²) >= 11 is 1.85. The van der Waals surface area contributed by atoms with Crippen LogP contribution in [-0.4, -0.2) is 58.4 Å². The fraction of sp³-hybridized carbons (Fsp3) is 0.303.